The van der Waals surface area contributed by atoms with Crippen molar-refractivity contribution in [1.29, 1.82) is 0 Å². The van der Waals surface area contributed by atoms with E-state index >= 15 is 0 Å². The average Bonchev–Trinajstić information content (AvgIpc) is 3.83. The zero-order chi connectivity index (χ0) is 48.5. The number of anilines is 6. The molecule has 0 saturated heterocycles. The van der Waals surface area contributed by atoms with Crippen LogP contribution in [0.5, 0.6) is 0 Å². The molecule has 0 aliphatic rings. The summed E-state index contributed by atoms with van der Waals surface area (Å²) in [5, 5.41) is 4.36. The lowest BCUT2D eigenvalue weighted by Crippen LogP contribution is -2.15. The summed E-state index contributed by atoms with van der Waals surface area (Å²) in [7, 11) is 0. The number of rotatable bonds is 11. The minimum atomic E-state index is 0.799. The van der Waals surface area contributed by atoms with Crippen LogP contribution in [-0.4, -0.2) is 0 Å². The van der Waals surface area contributed by atoms with Crippen LogP contribution >= 0.6 is 0 Å². The van der Waals surface area contributed by atoms with Gasteiger partial charge in [-0.2, -0.15) is 0 Å². The van der Waals surface area contributed by atoms with Gasteiger partial charge >= 0.3 is 0 Å². The SMILES string of the molecule is c1ccc(-c2ccc(-c3ccccc3N(c3ccc(-c4ccccc4)cc3)c3cc(N(c4ccc(-c5ccccc5)cc4)c4ccccc4-c4ccccc4)c4oc5cc6ccccc6cc5c4c3)cc2)cc1. The Morgan fingerprint density at radius 2 is 0.603 bits per heavy atom. The predicted octanol–water partition coefficient (Wildman–Crippen LogP) is 20.0. The molecule has 344 valence electrons. The Labute approximate surface area is 425 Å². The van der Waals surface area contributed by atoms with Crippen LogP contribution in [0.2, 0.25) is 0 Å². The van der Waals surface area contributed by atoms with Crippen molar-refractivity contribution in [3.8, 4) is 55.6 Å². The third-order valence-corrected chi connectivity index (χ3v) is 14.0. The van der Waals surface area contributed by atoms with Gasteiger partial charge in [-0.15, -0.1) is 0 Å². The van der Waals surface area contributed by atoms with Crippen LogP contribution in [0, 0.1) is 0 Å². The number of hydrogen-bond donors (Lipinski definition) is 0. The molecule has 0 saturated carbocycles. The fourth-order valence-electron chi connectivity index (χ4n) is 10.4. The standard InChI is InChI=1S/C70H48N2O/c1-5-19-49(20-6-1)52-33-35-56(36-34-52)63-30-15-17-31-66(63)71(59-41-37-53(38-42-59)50-21-7-2-8-22-50)61-47-65-64-45-57-27-13-14-28-58(57)46-69(64)73-70(65)68(48-61)72(60-43-39-54(40-44-60)51-23-9-3-10-24-51)67-32-18-16-29-62(67)55-25-11-4-12-26-55/h1-48H. The van der Waals surface area contributed by atoms with Crippen LogP contribution in [0.4, 0.5) is 34.1 Å². The minimum Gasteiger partial charge on any atom is -0.454 e. The second-order valence-corrected chi connectivity index (χ2v) is 18.5. The van der Waals surface area contributed by atoms with E-state index in [1.165, 1.54) is 22.3 Å². The molecule has 0 aliphatic carbocycles. The van der Waals surface area contributed by atoms with Crippen molar-refractivity contribution in [1.82, 2.24) is 0 Å². The van der Waals surface area contributed by atoms with Gasteiger partial charge in [-0.1, -0.05) is 231 Å². The lowest BCUT2D eigenvalue weighted by atomic mass is 9.97. The summed E-state index contributed by atoms with van der Waals surface area (Å²) in [6, 6.07) is 105. The minimum absolute atomic E-state index is 0.799. The van der Waals surface area contributed by atoms with E-state index in [0.717, 1.165) is 100 Å². The topological polar surface area (TPSA) is 19.6 Å². The zero-order valence-corrected chi connectivity index (χ0v) is 40.0. The quantitative estimate of drug-likeness (QED) is 0.129. The molecule has 13 aromatic rings. The predicted molar refractivity (Wildman–Crippen MR) is 308 cm³/mol. The lowest BCUT2D eigenvalue weighted by molar-refractivity contribution is 0.669. The third-order valence-electron chi connectivity index (χ3n) is 14.0. The first kappa shape index (κ1) is 43.3. The highest BCUT2D eigenvalue weighted by Crippen LogP contribution is 2.51. The molecule has 0 aliphatic heterocycles. The van der Waals surface area contributed by atoms with Crippen molar-refractivity contribution in [2.24, 2.45) is 0 Å². The Morgan fingerprint density at radius 3 is 1.12 bits per heavy atom. The van der Waals surface area contributed by atoms with Crippen LogP contribution in [-0.2, 0) is 0 Å². The molecular formula is C70H48N2O. The summed E-state index contributed by atoms with van der Waals surface area (Å²) in [6.45, 7) is 0. The molecule has 0 bridgehead atoms. The van der Waals surface area contributed by atoms with E-state index in [0.29, 0.717) is 0 Å². The Hall–Kier alpha value is -9.70. The number of nitrogens with zero attached hydrogens (tertiary/aromatic N) is 2. The molecule has 3 nitrogen and oxygen atoms in total. The van der Waals surface area contributed by atoms with Gasteiger partial charge in [-0.3, -0.25) is 0 Å². The first-order valence-electron chi connectivity index (χ1n) is 24.9. The smallest absolute Gasteiger partial charge is 0.159 e. The van der Waals surface area contributed by atoms with E-state index in [1.807, 2.05) is 0 Å². The Morgan fingerprint density at radius 1 is 0.233 bits per heavy atom. The van der Waals surface area contributed by atoms with E-state index in [2.05, 4.69) is 301 Å². The first-order chi connectivity index (χ1) is 36.2. The molecular weight excluding hydrogens is 885 g/mol. The summed E-state index contributed by atoms with van der Waals surface area (Å²) in [5.41, 5.74) is 19.1. The second kappa shape index (κ2) is 18.9. The van der Waals surface area contributed by atoms with Gasteiger partial charge in [0.05, 0.1) is 17.1 Å². The van der Waals surface area contributed by atoms with Crippen molar-refractivity contribution in [3.05, 3.63) is 291 Å². The molecule has 13 rings (SSSR count). The summed E-state index contributed by atoms with van der Waals surface area (Å²) in [4.78, 5) is 4.83. The first-order valence-corrected chi connectivity index (χ1v) is 24.9. The highest BCUT2D eigenvalue weighted by atomic mass is 16.3. The van der Waals surface area contributed by atoms with Crippen molar-refractivity contribution in [3.63, 3.8) is 0 Å². The number of benzene rings is 12. The van der Waals surface area contributed by atoms with E-state index in [9.17, 15) is 0 Å². The second-order valence-electron chi connectivity index (χ2n) is 18.5. The Kier molecular flexibility index (Phi) is 11.2. The van der Waals surface area contributed by atoms with Gasteiger partial charge in [0.1, 0.15) is 5.58 Å². The maximum absolute atomic E-state index is 7.25. The van der Waals surface area contributed by atoms with Gasteiger partial charge < -0.3 is 14.2 Å². The van der Waals surface area contributed by atoms with Crippen molar-refractivity contribution >= 4 is 66.8 Å². The number of furan rings is 1. The third kappa shape index (κ3) is 8.29. The van der Waals surface area contributed by atoms with Crippen LogP contribution in [0.1, 0.15) is 0 Å². The molecule has 12 aromatic carbocycles. The van der Waals surface area contributed by atoms with Crippen molar-refractivity contribution in [2.45, 2.75) is 0 Å². The maximum atomic E-state index is 7.25. The number of fused-ring (bicyclic) bond motifs is 4. The molecule has 0 atom stereocenters. The molecule has 0 spiro atoms. The number of para-hydroxylation sites is 2. The van der Waals surface area contributed by atoms with Crippen LogP contribution in [0.25, 0.3) is 88.3 Å². The van der Waals surface area contributed by atoms with Gasteiger partial charge in [0.25, 0.3) is 0 Å². The maximum Gasteiger partial charge on any atom is 0.159 e. The summed E-state index contributed by atoms with van der Waals surface area (Å²) >= 11 is 0. The van der Waals surface area contributed by atoms with E-state index in [-0.39, 0.29) is 0 Å². The molecule has 0 amide bonds. The highest BCUT2D eigenvalue weighted by molar-refractivity contribution is 6.16. The van der Waals surface area contributed by atoms with Gasteiger partial charge in [0.15, 0.2) is 5.58 Å². The molecule has 73 heavy (non-hydrogen) atoms. The van der Waals surface area contributed by atoms with Gasteiger partial charge in [-0.05, 0) is 116 Å². The summed E-state index contributed by atoms with van der Waals surface area (Å²) in [6.07, 6.45) is 0. The lowest BCUT2D eigenvalue weighted by Gasteiger charge is -2.31. The van der Waals surface area contributed by atoms with Crippen molar-refractivity contribution in [2.75, 3.05) is 9.80 Å². The van der Waals surface area contributed by atoms with Crippen LogP contribution in [0.3, 0.4) is 0 Å². The summed E-state index contributed by atoms with van der Waals surface area (Å²) < 4.78 is 7.25. The molecule has 3 heteroatoms. The van der Waals surface area contributed by atoms with Gasteiger partial charge in [-0.25, -0.2) is 0 Å². The fourth-order valence-corrected chi connectivity index (χ4v) is 10.4. The normalized spacial score (nSPS) is 11.3. The largest absolute Gasteiger partial charge is 0.454 e. The Bertz CT molecular complexity index is 4040. The van der Waals surface area contributed by atoms with Crippen molar-refractivity contribution < 1.29 is 4.42 Å². The van der Waals surface area contributed by atoms with Gasteiger partial charge in [0.2, 0.25) is 0 Å². The van der Waals surface area contributed by atoms with Crippen LogP contribution in [0.15, 0.2) is 296 Å². The Balaban J connectivity index is 1.09. The molecule has 0 N–H and O–H groups in total. The molecule has 1 heterocycles. The van der Waals surface area contributed by atoms with E-state index < -0.39 is 0 Å². The monoisotopic (exact) mass is 932 g/mol. The highest BCUT2D eigenvalue weighted by Gasteiger charge is 2.27. The molecule has 0 fully saturated rings. The zero-order valence-electron chi connectivity index (χ0n) is 40.0. The summed E-state index contributed by atoms with van der Waals surface area (Å²) in [5.74, 6) is 0. The number of hydrogen-bond acceptors (Lipinski definition) is 3. The molecule has 0 radical (unpaired) electrons. The van der Waals surface area contributed by atoms with Gasteiger partial charge in [0, 0.05) is 39.0 Å². The van der Waals surface area contributed by atoms with E-state index in [4.69, 9.17) is 4.42 Å². The average molecular weight is 933 g/mol. The van der Waals surface area contributed by atoms with Crippen LogP contribution < -0.4 is 9.80 Å². The molecule has 1 aromatic heterocycles. The van der Waals surface area contributed by atoms with E-state index in [1.54, 1.807) is 0 Å². The fraction of sp³-hybridized carbons (Fsp3) is 0. The molecule has 0 unspecified atom stereocenters.